The van der Waals surface area contributed by atoms with Crippen molar-refractivity contribution in [3.05, 3.63) is 35.0 Å². The molecule has 2 rings (SSSR count). The van der Waals surface area contributed by atoms with Crippen molar-refractivity contribution in [2.45, 2.75) is 25.7 Å². The van der Waals surface area contributed by atoms with E-state index in [1.165, 1.54) is 6.07 Å². The zero-order valence-corrected chi connectivity index (χ0v) is 12.2. The minimum atomic E-state index is -3.74. The van der Waals surface area contributed by atoms with Crippen LogP contribution in [-0.2, 0) is 10.0 Å². The molecule has 0 amide bonds. The Labute approximate surface area is 117 Å². The summed E-state index contributed by atoms with van der Waals surface area (Å²) >= 11 is 0. The van der Waals surface area contributed by atoms with E-state index in [-0.39, 0.29) is 10.8 Å². The monoisotopic (exact) mass is 296 g/mol. The van der Waals surface area contributed by atoms with Gasteiger partial charge in [-0.2, -0.15) is 0 Å². The number of hydrazine groups is 1. The van der Waals surface area contributed by atoms with Gasteiger partial charge in [0.05, 0.1) is 10.6 Å². The first-order chi connectivity index (χ1) is 9.33. The molecule has 0 spiro atoms. The Hall–Kier alpha value is -2.06. The zero-order valence-electron chi connectivity index (χ0n) is 11.4. The lowest BCUT2D eigenvalue weighted by atomic mass is 10.1. The lowest BCUT2D eigenvalue weighted by molar-refractivity contribution is 0.430. The molecule has 1 heterocycles. The van der Waals surface area contributed by atoms with E-state index >= 15 is 0 Å². The van der Waals surface area contributed by atoms with Crippen LogP contribution in [0.2, 0.25) is 0 Å². The van der Waals surface area contributed by atoms with Gasteiger partial charge in [-0.15, -0.1) is 0 Å². The molecule has 0 radical (unpaired) electrons. The normalized spacial score (nSPS) is 11.4. The van der Waals surface area contributed by atoms with Gasteiger partial charge in [-0.05, 0) is 44.0 Å². The van der Waals surface area contributed by atoms with Crippen LogP contribution < -0.4 is 16.0 Å². The molecule has 0 atom stereocenters. The Morgan fingerprint density at radius 1 is 1.15 bits per heavy atom. The molecule has 0 aliphatic carbocycles. The molecule has 4 N–H and O–H groups in total. The van der Waals surface area contributed by atoms with Crippen molar-refractivity contribution in [2.24, 2.45) is 5.84 Å². The molecule has 7 nitrogen and oxygen atoms in total. The highest BCUT2D eigenvalue weighted by atomic mass is 32.2. The van der Waals surface area contributed by atoms with E-state index in [0.717, 1.165) is 0 Å². The number of aromatic nitrogens is 1. The van der Waals surface area contributed by atoms with Crippen LogP contribution in [0.1, 0.15) is 16.8 Å². The Bertz CT molecular complexity index is 714. The van der Waals surface area contributed by atoms with E-state index in [1.807, 2.05) is 0 Å². The topological polar surface area (TPSA) is 110 Å². The predicted molar refractivity (Wildman–Crippen MR) is 75.8 cm³/mol. The van der Waals surface area contributed by atoms with Gasteiger partial charge in [0, 0.05) is 11.8 Å². The van der Waals surface area contributed by atoms with Gasteiger partial charge in [0.25, 0.3) is 10.0 Å². The number of nitrogen functional groups attached to an aromatic ring is 1. The third-order valence-corrected chi connectivity index (χ3v) is 4.41. The molecule has 0 fully saturated rings. The number of hydrogen-bond acceptors (Lipinski definition) is 6. The van der Waals surface area contributed by atoms with Crippen molar-refractivity contribution in [3.63, 3.8) is 0 Å². The fourth-order valence-corrected chi connectivity index (χ4v) is 3.48. The van der Waals surface area contributed by atoms with Gasteiger partial charge in [0.2, 0.25) is 5.88 Å². The molecular weight excluding hydrogens is 280 g/mol. The third kappa shape index (κ3) is 2.75. The lowest BCUT2D eigenvalue weighted by Gasteiger charge is -2.13. The number of anilines is 2. The SMILES string of the molecule is Cc1cc(NS(=O)(=O)c2c(C)cc(NN)cc2C)on1. The van der Waals surface area contributed by atoms with Crippen molar-refractivity contribution in [1.29, 1.82) is 0 Å². The van der Waals surface area contributed by atoms with Crippen molar-refractivity contribution in [1.82, 2.24) is 5.16 Å². The summed E-state index contributed by atoms with van der Waals surface area (Å²) in [4.78, 5) is 0.200. The number of nitrogens with one attached hydrogen (secondary N) is 2. The van der Waals surface area contributed by atoms with E-state index in [9.17, 15) is 8.42 Å². The largest absolute Gasteiger partial charge is 0.338 e. The van der Waals surface area contributed by atoms with Crippen molar-refractivity contribution < 1.29 is 12.9 Å². The summed E-state index contributed by atoms with van der Waals surface area (Å²) < 4.78 is 32.0. The van der Waals surface area contributed by atoms with Gasteiger partial charge in [-0.25, -0.2) is 13.1 Å². The maximum Gasteiger partial charge on any atom is 0.264 e. The number of benzene rings is 1. The smallest absolute Gasteiger partial charge is 0.264 e. The third-order valence-electron chi connectivity index (χ3n) is 2.76. The first-order valence-electron chi connectivity index (χ1n) is 5.87. The molecule has 0 aliphatic heterocycles. The summed E-state index contributed by atoms with van der Waals surface area (Å²) in [5.41, 5.74) is 4.91. The van der Waals surface area contributed by atoms with E-state index in [4.69, 9.17) is 10.4 Å². The Kier molecular flexibility index (Phi) is 3.69. The van der Waals surface area contributed by atoms with E-state index < -0.39 is 10.0 Å². The number of nitrogens with zero attached hydrogens (tertiary/aromatic N) is 1. The summed E-state index contributed by atoms with van der Waals surface area (Å²) in [5, 5.41) is 3.64. The predicted octanol–water partition coefficient (Wildman–Crippen LogP) is 1.69. The van der Waals surface area contributed by atoms with Crippen molar-refractivity contribution >= 4 is 21.6 Å². The second kappa shape index (κ2) is 5.14. The van der Waals surface area contributed by atoms with Gasteiger partial charge >= 0.3 is 0 Å². The molecule has 0 unspecified atom stereocenters. The second-order valence-corrected chi connectivity index (χ2v) is 6.14. The maximum atomic E-state index is 12.4. The first-order valence-corrected chi connectivity index (χ1v) is 7.36. The van der Waals surface area contributed by atoms with E-state index in [0.29, 0.717) is 22.5 Å². The highest BCUT2D eigenvalue weighted by Gasteiger charge is 2.21. The van der Waals surface area contributed by atoms with E-state index in [1.54, 1.807) is 32.9 Å². The Morgan fingerprint density at radius 2 is 1.75 bits per heavy atom. The minimum Gasteiger partial charge on any atom is -0.338 e. The highest BCUT2D eigenvalue weighted by Crippen LogP contribution is 2.26. The molecule has 8 heteroatoms. The summed E-state index contributed by atoms with van der Waals surface area (Å²) in [6.07, 6.45) is 0. The van der Waals surface area contributed by atoms with Crippen LogP contribution in [-0.4, -0.2) is 13.6 Å². The molecule has 1 aromatic heterocycles. The van der Waals surface area contributed by atoms with Gasteiger partial charge in [-0.1, -0.05) is 5.16 Å². The van der Waals surface area contributed by atoms with Crippen LogP contribution in [0.3, 0.4) is 0 Å². The van der Waals surface area contributed by atoms with Gasteiger partial charge < -0.3 is 9.95 Å². The van der Waals surface area contributed by atoms with Crippen LogP contribution in [0.25, 0.3) is 0 Å². The average molecular weight is 296 g/mol. The molecule has 0 saturated heterocycles. The molecule has 2 aromatic rings. The van der Waals surface area contributed by atoms with Crippen molar-refractivity contribution in [3.8, 4) is 0 Å². The van der Waals surface area contributed by atoms with E-state index in [2.05, 4.69) is 15.3 Å². The maximum absolute atomic E-state index is 12.4. The summed E-state index contributed by atoms with van der Waals surface area (Å²) in [6, 6.07) is 4.83. The molecule has 0 aliphatic rings. The van der Waals surface area contributed by atoms with Crippen LogP contribution in [0.15, 0.2) is 27.6 Å². The molecule has 0 saturated carbocycles. The molecule has 108 valence electrons. The molecule has 0 bridgehead atoms. The van der Waals surface area contributed by atoms with Gasteiger partial charge in [0.1, 0.15) is 0 Å². The van der Waals surface area contributed by atoms with Crippen LogP contribution in [0, 0.1) is 20.8 Å². The van der Waals surface area contributed by atoms with Crippen molar-refractivity contribution in [2.75, 3.05) is 10.1 Å². The fourth-order valence-electron chi connectivity index (χ4n) is 2.05. The lowest BCUT2D eigenvalue weighted by Crippen LogP contribution is -2.16. The fraction of sp³-hybridized carbons (Fsp3) is 0.250. The quantitative estimate of drug-likeness (QED) is 0.585. The summed E-state index contributed by atoms with van der Waals surface area (Å²) in [5.74, 6) is 5.42. The molecule has 20 heavy (non-hydrogen) atoms. The summed E-state index contributed by atoms with van der Waals surface area (Å²) in [7, 11) is -3.74. The number of nitrogens with two attached hydrogens (primary N) is 1. The minimum absolute atomic E-state index is 0.0855. The number of sulfonamides is 1. The van der Waals surface area contributed by atoms with Crippen LogP contribution >= 0.6 is 0 Å². The van der Waals surface area contributed by atoms with Crippen LogP contribution in [0.4, 0.5) is 11.6 Å². The summed E-state index contributed by atoms with van der Waals surface area (Å²) in [6.45, 7) is 5.11. The van der Waals surface area contributed by atoms with Crippen LogP contribution in [0.5, 0.6) is 0 Å². The zero-order chi connectivity index (χ0) is 14.9. The standard InChI is InChI=1S/C12H16N4O3S/c1-7-4-10(14-13)5-8(2)12(7)20(17,18)16-11-6-9(3)15-19-11/h4-6,14,16H,13H2,1-3H3. The first kappa shape index (κ1) is 14.4. The second-order valence-electron chi connectivity index (χ2n) is 4.52. The number of rotatable bonds is 4. The number of hydrogen-bond donors (Lipinski definition) is 3. The van der Waals surface area contributed by atoms with Gasteiger partial charge in [-0.3, -0.25) is 5.84 Å². The van der Waals surface area contributed by atoms with Gasteiger partial charge in [0.15, 0.2) is 0 Å². The molecule has 1 aromatic carbocycles. The highest BCUT2D eigenvalue weighted by molar-refractivity contribution is 7.92. The number of aryl methyl sites for hydroxylation is 3. The Balaban J connectivity index is 2.44. The average Bonchev–Trinajstić information content (AvgIpc) is 2.72. The Morgan fingerprint density at radius 3 is 2.20 bits per heavy atom. The molecular formula is C12H16N4O3S.